The van der Waals surface area contributed by atoms with Gasteiger partial charge in [-0.2, -0.15) is 0 Å². The van der Waals surface area contributed by atoms with Gasteiger partial charge in [0.15, 0.2) is 11.5 Å². The summed E-state index contributed by atoms with van der Waals surface area (Å²) in [6, 6.07) is 4.07. The van der Waals surface area contributed by atoms with Crippen LogP contribution in [0.4, 0.5) is 0 Å². The molecule has 1 aromatic rings. The number of fused-ring (bicyclic) bond motifs is 1. The summed E-state index contributed by atoms with van der Waals surface area (Å²) in [5.74, 6) is 2.35. The van der Waals surface area contributed by atoms with Crippen molar-refractivity contribution >= 4 is 0 Å². The van der Waals surface area contributed by atoms with E-state index in [9.17, 15) is 5.11 Å². The summed E-state index contributed by atoms with van der Waals surface area (Å²) >= 11 is 0. The van der Waals surface area contributed by atoms with Crippen molar-refractivity contribution in [1.82, 2.24) is 5.32 Å². The van der Waals surface area contributed by atoms with Gasteiger partial charge >= 0.3 is 0 Å². The summed E-state index contributed by atoms with van der Waals surface area (Å²) in [6.07, 6.45) is 6.51. The minimum Gasteiger partial charge on any atom is -0.507 e. The predicted octanol–water partition coefficient (Wildman–Crippen LogP) is 3.18. The molecule has 1 aliphatic carbocycles. The SMILES string of the molecule is CC1CCCCCC1NCc1cc2c(cc1O)OCO2. The van der Waals surface area contributed by atoms with E-state index in [1.807, 2.05) is 6.07 Å². The van der Waals surface area contributed by atoms with E-state index in [1.165, 1.54) is 32.1 Å². The lowest BCUT2D eigenvalue weighted by Crippen LogP contribution is -2.33. The van der Waals surface area contributed by atoms with Gasteiger partial charge in [-0.3, -0.25) is 0 Å². The van der Waals surface area contributed by atoms with Crippen LogP contribution >= 0.6 is 0 Å². The Kier molecular flexibility index (Phi) is 4.01. The van der Waals surface area contributed by atoms with Crippen molar-refractivity contribution in [3.05, 3.63) is 17.7 Å². The molecule has 1 saturated carbocycles. The van der Waals surface area contributed by atoms with Crippen LogP contribution in [0, 0.1) is 5.92 Å². The maximum Gasteiger partial charge on any atom is 0.231 e. The normalized spacial score (nSPS) is 25.4. The van der Waals surface area contributed by atoms with Crippen molar-refractivity contribution in [2.75, 3.05) is 6.79 Å². The Balaban J connectivity index is 1.65. The lowest BCUT2D eigenvalue weighted by Gasteiger charge is -2.23. The molecule has 4 heteroatoms. The largest absolute Gasteiger partial charge is 0.507 e. The molecule has 1 heterocycles. The quantitative estimate of drug-likeness (QED) is 0.833. The molecule has 2 aliphatic rings. The third-order valence-corrected chi connectivity index (χ3v) is 4.49. The molecule has 0 spiro atoms. The highest BCUT2D eigenvalue weighted by atomic mass is 16.7. The highest BCUT2D eigenvalue weighted by molar-refractivity contribution is 5.51. The molecular formula is C16H23NO3. The molecule has 20 heavy (non-hydrogen) atoms. The van der Waals surface area contributed by atoms with E-state index in [1.54, 1.807) is 6.07 Å². The molecule has 0 bridgehead atoms. The predicted molar refractivity (Wildman–Crippen MR) is 77.1 cm³/mol. The molecule has 3 rings (SSSR count). The second-order valence-corrected chi connectivity index (χ2v) is 5.94. The van der Waals surface area contributed by atoms with Crippen LogP contribution in [0.3, 0.4) is 0 Å². The standard InChI is InChI=1S/C16H23NO3/c1-11-5-3-2-4-6-13(11)17-9-12-7-15-16(8-14(12)18)20-10-19-15/h7-8,11,13,17-18H,2-6,9-10H2,1H3. The molecule has 2 unspecified atom stereocenters. The van der Waals surface area contributed by atoms with Crippen molar-refractivity contribution < 1.29 is 14.6 Å². The summed E-state index contributed by atoms with van der Waals surface area (Å²) < 4.78 is 10.6. The fourth-order valence-corrected chi connectivity index (χ4v) is 3.15. The number of hydrogen-bond donors (Lipinski definition) is 2. The lowest BCUT2D eigenvalue weighted by atomic mass is 9.96. The van der Waals surface area contributed by atoms with Gasteiger partial charge in [-0.05, 0) is 24.8 Å². The Morgan fingerprint density at radius 3 is 2.75 bits per heavy atom. The Hall–Kier alpha value is -1.42. The van der Waals surface area contributed by atoms with Gasteiger partial charge in [0, 0.05) is 24.2 Å². The highest BCUT2D eigenvalue weighted by Crippen LogP contribution is 2.37. The van der Waals surface area contributed by atoms with Crippen LogP contribution < -0.4 is 14.8 Å². The molecule has 110 valence electrons. The van der Waals surface area contributed by atoms with Crippen LogP contribution in [0.25, 0.3) is 0 Å². The zero-order valence-electron chi connectivity index (χ0n) is 12.0. The van der Waals surface area contributed by atoms with Crippen molar-refractivity contribution in [3.63, 3.8) is 0 Å². The molecule has 0 aromatic heterocycles. The van der Waals surface area contributed by atoms with Crippen LogP contribution in [0.15, 0.2) is 12.1 Å². The fraction of sp³-hybridized carbons (Fsp3) is 0.625. The summed E-state index contributed by atoms with van der Waals surface area (Å²) in [4.78, 5) is 0. The second kappa shape index (κ2) is 5.92. The average molecular weight is 277 g/mol. The molecule has 4 nitrogen and oxygen atoms in total. The van der Waals surface area contributed by atoms with Gasteiger partial charge in [0.2, 0.25) is 6.79 Å². The zero-order chi connectivity index (χ0) is 13.9. The number of aromatic hydroxyl groups is 1. The Labute approximate surface area is 120 Å². The topological polar surface area (TPSA) is 50.7 Å². The summed E-state index contributed by atoms with van der Waals surface area (Å²) in [5.41, 5.74) is 0.880. The summed E-state index contributed by atoms with van der Waals surface area (Å²) in [6.45, 7) is 3.24. The molecule has 0 amide bonds. The van der Waals surface area contributed by atoms with E-state index in [0.29, 0.717) is 24.3 Å². The average Bonchev–Trinajstić information content (AvgIpc) is 2.78. The first-order valence-corrected chi connectivity index (χ1v) is 7.59. The molecule has 1 fully saturated rings. The second-order valence-electron chi connectivity index (χ2n) is 5.94. The van der Waals surface area contributed by atoms with Gasteiger partial charge in [-0.15, -0.1) is 0 Å². The first-order valence-electron chi connectivity index (χ1n) is 7.59. The number of ether oxygens (including phenoxy) is 2. The van der Waals surface area contributed by atoms with Crippen molar-refractivity contribution in [2.24, 2.45) is 5.92 Å². The number of nitrogens with one attached hydrogen (secondary N) is 1. The molecule has 2 N–H and O–H groups in total. The molecular weight excluding hydrogens is 254 g/mol. The summed E-state index contributed by atoms with van der Waals surface area (Å²) in [5, 5.41) is 13.7. The lowest BCUT2D eigenvalue weighted by molar-refractivity contribution is 0.174. The molecule has 1 aliphatic heterocycles. The van der Waals surface area contributed by atoms with Gasteiger partial charge in [-0.1, -0.05) is 26.2 Å². The van der Waals surface area contributed by atoms with E-state index in [4.69, 9.17) is 9.47 Å². The minimum absolute atomic E-state index is 0.241. The number of phenolic OH excluding ortho intramolecular Hbond substituents is 1. The van der Waals surface area contributed by atoms with Crippen LogP contribution in [-0.2, 0) is 6.54 Å². The van der Waals surface area contributed by atoms with Crippen LogP contribution in [0.1, 0.15) is 44.6 Å². The Morgan fingerprint density at radius 2 is 1.90 bits per heavy atom. The first kappa shape index (κ1) is 13.6. The zero-order valence-corrected chi connectivity index (χ0v) is 12.0. The third kappa shape index (κ3) is 2.85. The molecule has 0 saturated heterocycles. The molecule has 2 atom stereocenters. The third-order valence-electron chi connectivity index (χ3n) is 4.49. The van der Waals surface area contributed by atoms with Crippen molar-refractivity contribution in [3.8, 4) is 17.2 Å². The first-order chi connectivity index (χ1) is 9.74. The van der Waals surface area contributed by atoms with Gasteiger partial charge < -0.3 is 19.9 Å². The van der Waals surface area contributed by atoms with Crippen molar-refractivity contribution in [2.45, 2.75) is 51.6 Å². The van der Waals surface area contributed by atoms with E-state index >= 15 is 0 Å². The molecule has 1 aromatic carbocycles. The van der Waals surface area contributed by atoms with E-state index in [2.05, 4.69) is 12.2 Å². The van der Waals surface area contributed by atoms with E-state index in [0.717, 1.165) is 11.3 Å². The summed E-state index contributed by atoms with van der Waals surface area (Å²) in [7, 11) is 0. The maximum absolute atomic E-state index is 10.1. The highest BCUT2D eigenvalue weighted by Gasteiger charge is 2.21. The van der Waals surface area contributed by atoms with Crippen LogP contribution in [-0.4, -0.2) is 17.9 Å². The van der Waals surface area contributed by atoms with Crippen molar-refractivity contribution in [1.29, 1.82) is 0 Å². The van der Waals surface area contributed by atoms with Gasteiger partial charge in [0.25, 0.3) is 0 Å². The number of rotatable bonds is 3. The van der Waals surface area contributed by atoms with Crippen LogP contribution in [0.2, 0.25) is 0 Å². The minimum atomic E-state index is 0.241. The van der Waals surface area contributed by atoms with Gasteiger partial charge in [-0.25, -0.2) is 0 Å². The molecule has 0 radical (unpaired) electrons. The van der Waals surface area contributed by atoms with Crippen LogP contribution in [0.5, 0.6) is 17.2 Å². The Bertz CT molecular complexity index is 475. The number of hydrogen-bond acceptors (Lipinski definition) is 4. The number of phenols is 1. The number of benzene rings is 1. The fourth-order valence-electron chi connectivity index (χ4n) is 3.15. The smallest absolute Gasteiger partial charge is 0.231 e. The monoisotopic (exact) mass is 277 g/mol. The Morgan fingerprint density at radius 1 is 1.15 bits per heavy atom. The maximum atomic E-state index is 10.1. The van der Waals surface area contributed by atoms with E-state index < -0.39 is 0 Å². The van der Waals surface area contributed by atoms with E-state index in [-0.39, 0.29) is 12.5 Å². The van der Waals surface area contributed by atoms with Gasteiger partial charge in [0.05, 0.1) is 0 Å². The van der Waals surface area contributed by atoms with Gasteiger partial charge in [0.1, 0.15) is 5.75 Å².